The third-order valence-corrected chi connectivity index (χ3v) is 8.23. The molecule has 0 aliphatic carbocycles. The number of fused-ring (bicyclic) bond motifs is 4. The van der Waals surface area contributed by atoms with Gasteiger partial charge >= 0.3 is 6.09 Å². The van der Waals surface area contributed by atoms with Crippen molar-refractivity contribution in [2.24, 2.45) is 17.3 Å². The molecule has 4 rings (SSSR count). The van der Waals surface area contributed by atoms with Crippen LogP contribution < -0.4 is 9.47 Å². The summed E-state index contributed by atoms with van der Waals surface area (Å²) < 4.78 is 25.5. The molecule has 0 unspecified atom stereocenters. The number of piperidine rings is 1. The van der Waals surface area contributed by atoms with Gasteiger partial charge in [-0.15, -0.1) is 0 Å². The third kappa shape index (κ3) is 7.10. The number of aliphatic hydroxyl groups is 1. The predicted octanol–water partition coefficient (Wildman–Crippen LogP) is 6.68. The first-order valence-electron chi connectivity index (χ1n) is 14.5. The Bertz CT molecular complexity index is 1060. The van der Waals surface area contributed by atoms with Gasteiger partial charge in [0.1, 0.15) is 22.7 Å². The van der Waals surface area contributed by atoms with Crippen LogP contribution in [0, 0.1) is 17.3 Å². The summed E-state index contributed by atoms with van der Waals surface area (Å²) in [6.07, 6.45) is 5.59. The van der Waals surface area contributed by atoms with Gasteiger partial charge in [0.2, 0.25) is 0 Å². The van der Waals surface area contributed by atoms with Gasteiger partial charge in [-0.1, -0.05) is 25.5 Å². The maximum absolute atomic E-state index is 12.8. The van der Waals surface area contributed by atoms with E-state index in [4.69, 9.17) is 18.9 Å². The van der Waals surface area contributed by atoms with Crippen molar-refractivity contribution < 1.29 is 28.8 Å². The van der Waals surface area contributed by atoms with Crippen molar-refractivity contribution in [1.82, 2.24) is 4.90 Å². The molecule has 0 radical (unpaired) electrons. The van der Waals surface area contributed by atoms with Crippen molar-refractivity contribution in [2.75, 3.05) is 26.3 Å². The van der Waals surface area contributed by atoms with E-state index >= 15 is 0 Å². The minimum Gasteiger partial charge on any atom is -0.493 e. The van der Waals surface area contributed by atoms with Crippen LogP contribution in [0.25, 0.3) is 0 Å². The number of hydrogen-bond acceptors (Lipinski definition) is 6. The topological polar surface area (TPSA) is 77.5 Å². The second-order valence-electron chi connectivity index (χ2n) is 14.0. The zero-order chi connectivity index (χ0) is 28.6. The van der Waals surface area contributed by atoms with Gasteiger partial charge in [-0.25, -0.2) is 4.79 Å². The Kier molecular flexibility index (Phi) is 8.63. The number of allylic oxidation sites excluding steroid dienone is 2. The minimum atomic E-state index is -0.511. The normalized spacial score (nSPS) is 28.4. The summed E-state index contributed by atoms with van der Waals surface area (Å²) in [5, 5.41) is 9.62. The highest BCUT2D eigenvalue weighted by molar-refractivity contribution is 5.68. The minimum absolute atomic E-state index is 0.0579. The van der Waals surface area contributed by atoms with Crippen molar-refractivity contribution in [3.8, 4) is 11.5 Å². The first-order chi connectivity index (χ1) is 18.2. The standard InChI is InChI=1S/C32H49NO6/c1-21(2)10-9-14-32(8)25-16-22-18-33(29(35)39-30(3,4)5)15-13-26(22)37-28(25)24-12-11-23(17-27(24)38-32)36-20-31(6,7)19-34/h10-12,17,22,25-26,28,34H,9,13-16,18-20H2,1-8H3/t22-,25-,26-,28+,32+/m0/s1. The van der Waals surface area contributed by atoms with Gasteiger partial charge in [0.05, 0.1) is 25.4 Å². The monoisotopic (exact) mass is 543 g/mol. The molecule has 7 heteroatoms. The highest BCUT2D eigenvalue weighted by Gasteiger charge is 2.53. The highest BCUT2D eigenvalue weighted by Crippen LogP contribution is 2.55. The van der Waals surface area contributed by atoms with Crippen molar-refractivity contribution in [3.63, 3.8) is 0 Å². The zero-order valence-corrected chi connectivity index (χ0v) is 25.2. The summed E-state index contributed by atoms with van der Waals surface area (Å²) in [6.45, 7) is 17.9. The maximum Gasteiger partial charge on any atom is 0.410 e. The first-order valence-corrected chi connectivity index (χ1v) is 14.5. The molecular weight excluding hydrogens is 494 g/mol. The number of aliphatic hydroxyl groups excluding tert-OH is 1. The number of rotatable bonds is 7. The Morgan fingerprint density at radius 1 is 1.23 bits per heavy atom. The van der Waals surface area contributed by atoms with E-state index in [9.17, 15) is 9.90 Å². The Hall–Kier alpha value is -2.25. The molecule has 5 atom stereocenters. The summed E-state index contributed by atoms with van der Waals surface area (Å²) >= 11 is 0. The van der Waals surface area contributed by atoms with E-state index in [1.54, 1.807) is 0 Å². The van der Waals surface area contributed by atoms with Crippen LogP contribution in [0.1, 0.15) is 92.7 Å². The molecule has 0 bridgehead atoms. The van der Waals surface area contributed by atoms with Crippen LogP contribution in [0.3, 0.4) is 0 Å². The third-order valence-electron chi connectivity index (χ3n) is 8.23. The lowest BCUT2D eigenvalue weighted by atomic mass is 9.68. The van der Waals surface area contributed by atoms with Gasteiger partial charge in [0, 0.05) is 42.0 Å². The highest BCUT2D eigenvalue weighted by atomic mass is 16.6. The van der Waals surface area contributed by atoms with Gasteiger partial charge < -0.3 is 29.0 Å². The van der Waals surface area contributed by atoms with E-state index < -0.39 is 11.2 Å². The molecule has 3 aliphatic rings. The predicted molar refractivity (Wildman–Crippen MR) is 152 cm³/mol. The van der Waals surface area contributed by atoms with Crippen molar-refractivity contribution >= 4 is 6.09 Å². The van der Waals surface area contributed by atoms with E-state index in [1.165, 1.54) is 5.57 Å². The van der Waals surface area contributed by atoms with Gasteiger partial charge in [-0.3, -0.25) is 0 Å². The second kappa shape index (κ2) is 11.3. The molecule has 1 N–H and O–H groups in total. The van der Waals surface area contributed by atoms with E-state index in [2.05, 4.69) is 32.9 Å². The number of carbonyl (C=O) groups is 1. The van der Waals surface area contributed by atoms with Crippen LogP contribution in [-0.2, 0) is 9.47 Å². The van der Waals surface area contributed by atoms with E-state index in [1.807, 2.05) is 51.7 Å². The molecule has 0 saturated carbocycles. The lowest BCUT2D eigenvalue weighted by Crippen LogP contribution is -2.57. The van der Waals surface area contributed by atoms with Crippen molar-refractivity contribution in [2.45, 2.75) is 104 Å². The van der Waals surface area contributed by atoms with Crippen molar-refractivity contribution in [1.29, 1.82) is 0 Å². The number of ether oxygens (including phenoxy) is 4. The average molecular weight is 544 g/mol. The number of hydrogen-bond donors (Lipinski definition) is 1. The molecule has 7 nitrogen and oxygen atoms in total. The molecule has 218 valence electrons. The fourth-order valence-corrected chi connectivity index (χ4v) is 5.96. The molecule has 3 aliphatic heterocycles. The molecule has 2 fully saturated rings. The van der Waals surface area contributed by atoms with E-state index in [0.29, 0.717) is 19.7 Å². The molecule has 1 amide bonds. The van der Waals surface area contributed by atoms with Crippen LogP contribution in [0.4, 0.5) is 4.79 Å². The van der Waals surface area contributed by atoms with Crippen LogP contribution in [0.15, 0.2) is 29.8 Å². The molecule has 0 aromatic heterocycles. The fourth-order valence-electron chi connectivity index (χ4n) is 5.96. The Balaban J connectivity index is 1.58. The maximum atomic E-state index is 12.8. The first kappa shape index (κ1) is 29.7. The summed E-state index contributed by atoms with van der Waals surface area (Å²) in [5.74, 6) is 1.96. The zero-order valence-electron chi connectivity index (χ0n) is 25.2. The van der Waals surface area contributed by atoms with Gasteiger partial charge in [0.25, 0.3) is 0 Å². The number of amides is 1. The summed E-state index contributed by atoms with van der Waals surface area (Å²) in [5.41, 5.74) is 1.11. The number of likely N-dealkylation sites (tertiary alicyclic amines) is 1. The van der Waals surface area contributed by atoms with Gasteiger partial charge in [0.15, 0.2) is 0 Å². The molecule has 39 heavy (non-hydrogen) atoms. The van der Waals surface area contributed by atoms with Crippen LogP contribution >= 0.6 is 0 Å². The van der Waals surface area contributed by atoms with Crippen LogP contribution in [0.2, 0.25) is 0 Å². The number of carbonyl (C=O) groups excluding carboxylic acids is 1. The van der Waals surface area contributed by atoms with Gasteiger partial charge in [-0.05, 0) is 79.4 Å². The molecule has 2 saturated heterocycles. The second-order valence-corrected chi connectivity index (χ2v) is 14.0. The summed E-state index contributed by atoms with van der Waals surface area (Å²) in [6, 6.07) is 6.05. The quantitative estimate of drug-likeness (QED) is 0.386. The smallest absolute Gasteiger partial charge is 0.410 e. The van der Waals surface area contributed by atoms with Crippen LogP contribution in [-0.4, -0.2) is 59.7 Å². The van der Waals surface area contributed by atoms with E-state index in [0.717, 1.165) is 42.7 Å². The molecular formula is C32H49NO6. The number of benzene rings is 1. The number of nitrogens with zero attached hydrogens (tertiary/aromatic N) is 1. The van der Waals surface area contributed by atoms with E-state index in [-0.39, 0.29) is 42.2 Å². The Labute approximate surface area is 234 Å². The van der Waals surface area contributed by atoms with Gasteiger partial charge in [-0.2, -0.15) is 0 Å². The Morgan fingerprint density at radius 2 is 1.97 bits per heavy atom. The Morgan fingerprint density at radius 3 is 2.64 bits per heavy atom. The largest absolute Gasteiger partial charge is 0.493 e. The van der Waals surface area contributed by atoms with Crippen molar-refractivity contribution in [3.05, 3.63) is 35.4 Å². The fraction of sp³-hybridized carbons (Fsp3) is 0.719. The summed E-state index contributed by atoms with van der Waals surface area (Å²) in [4.78, 5) is 14.7. The average Bonchev–Trinajstić information content (AvgIpc) is 2.85. The lowest BCUT2D eigenvalue weighted by molar-refractivity contribution is -0.191. The van der Waals surface area contributed by atoms with Crippen LogP contribution in [0.5, 0.6) is 11.5 Å². The molecule has 3 heterocycles. The lowest BCUT2D eigenvalue weighted by Gasteiger charge is -2.54. The molecule has 0 spiro atoms. The SMILES string of the molecule is CC(C)=CCC[C@@]1(C)Oc2cc(OCC(C)(C)CO)ccc2[C@H]2O[C@H]3CCN(C(=O)OC(C)(C)C)C[C@@H]3C[C@@H]21. The molecule has 1 aromatic rings. The summed E-state index contributed by atoms with van der Waals surface area (Å²) in [7, 11) is 0. The molecule has 1 aromatic carbocycles.